The minimum Gasteiger partial charge on any atom is -0.449 e. The van der Waals surface area contributed by atoms with Crippen LogP contribution in [0.4, 0.5) is 10.6 Å². The summed E-state index contributed by atoms with van der Waals surface area (Å²) in [7, 11) is 0. The zero-order valence-electron chi connectivity index (χ0n) is 14.9. The van der Waals surface area contributed by atoms with Crippen molar-refractivity contribution < 1.29 is 29.3 Å². The summed E-state index contributed by atoms with van der Waals surface area (Å²) in [4.78, 5) is 38.6. The summed E-state index contributed by atoms with van der Waals surface area (Å²) in [5.74, 6) is 2.07. The molecule has 2 rings (SSSR count). The van der Waals surface area contributed by atoms with Crippen LogP contribution in [0.25, 0.3) is 0 Å². The Hall–Kier alpha value is -2.74. The zero-order valence-corrected chi connectivity index (χ0v) is 14.9. The highest BCUT2D eigenvalue weighted by Crippen LogP contribution is 2.28. The van der Waals surface area contributed by atoms with Crippen molar-refractivity contribution in [1.29, 1.82) is 0 Å². The van der Waals surface area contributed by atoms with Crippen LogP contribution in [0.2, 0.25) is 0 Å². The Kier molecular flexibility index (Phi) is 6.68. The van der Waals surface area contributed by atoms with Gasteiger partial charge in [0.05, 0.1) is 18.3 Å². The van der Waals surface area contributed by atoms with E-state index >= 15 is 0 Å². The normalized spacial score (nSPS) is 24.3. The summed E-state index contributed by atoms with van der Waals surface area (Å²) in [5, 5.41) is 22.1. The number of hydrogen-bond acceptors (Lipinski definition) is 8. The predicted molar refractivity (Wildman–Crippen MR) is 92.9 cm³/mol. The lowest BCUT2D eigenvalue weighted by molar-refractivity contribution is -0.117. The van der Waals surface area contributed by atoms with Crippen molar-refractivity contribution in [1.82, 2.24) is 9.55 Å². The van der Waals surface area contributed by atoms with Gasteiger partial charge in [0.1, 0.15) is 18.0 Å². The molecule has 1 aliphatic heterocycles. The number of carbonyl (C=O) groups excluding carboxylic acids is 2. The van der Waals surface area contributed by atoms with E-state index in [4.69, 9.17) is 15.9 Å². The predicted octanol–water partition coefficient (Wildman–Crippen LogP) is -0.219. The number of ketones is 1. The lowest BCUT2D eigenvalue weighted by atomic mass is 10.1. The van der Waals surface area contributed by atoms with Gasteiger partial charge in [-0.1, -0.05) is 5.92 Å². The van der Waals surface area contributed by atoms with Crippen molar-refractivity contribution in [2.45, 2.75) is 51.2 Å². The molecule has 2 unspecified atom stereocenters. The second kappa shape index (κ2) is 8.77. The molecule has 146 valence electrons. The molecule has 3 N–H and O–H groups in total. The lowest BCUT2D eigenvalue weighted by Gasteiger charge is -2.18. The van der Waals surface area contributed by atoms with Crippen LogP contribution in [-0.4, -0.2) is 56.6 Å². The molecule has 1 aliphatic rings. The molecule has 1 amide bonds. The highest BCUT2D eigenvalue weighted by Gasteiger charge is 2.42. The number of anilines is 1. The number of Topliss-reactive ketones (excluding diaryl/α,β-unsaturated/α-hetero) is 1. The standard InChI is InChI=1S/C17H21N3O7/c1-4-11-8-20(15-13(23)12(22)10(3)27-15)16(24)18-14(11)19-17(25)26-7-5-6-9(2)21/h1,8,10,12-13,15,22-23H,5-7H2,2-3H3,(H,18,19,24,25)/t10-,12?,13?,15-/m1/s1. The maximum atomic E-state index is 12.3. The van der Waals surface area contributed by atoms with E-state index in [9.17, 15) is 24.6 Å². The molecule has 2 heterocycles. The van der Waals surface area contributed by atoms with Gasteiger partial charge in [0.15, 0.2) is 12.0 Å². The van der Waals surface area contributed by atoms with Crippen LogP contribution in [0.5, 0.6) is 0 Å². The summed E-state index contributed by atoms with van der Waals surface area (Å²) < 4.78 is 11.2. The second-order valence-corrected chi connectivity index (χ2v) is 6.12. The monoisotopic (exact) mass is 379 g/mol. The Morgan fingerprint density at radius 1 is 1.44 bits per heavy atom. The summed E-state index contributed by atoms with van der Waals surface area (Å²) in [6, 6.07) is 0. The van der Waals surface area contributed by atoms with Gasteiger partial charge in [-0.05, 0) is 20.3 Å². The third-order valence-corrected chi connectivity index (χ3v) is 3.99. The van der Waals surface area contributed by atoms with Gasteiger partial charge in [-0.25, -0.2) is 9.59 Å². The molecule has 0 aromatic carbocycles. The fourth-order valence-corrected chi connectivity index (χ4v) is 2.53. The first-order valence-corrected chi connectivity index (χ1v) is 8.29. The minimum absolute atomic E-state index is 0.0188. The topological polar surface area (TPSA) is 140 Å². The van der Waals surface area contributed by atoms with E-state index in [2.05, 4.69) is 16.2 Å². The van der Waals surface area contributed by atoms with Gasteiger partial charge < -0.3 is 24.5 Å². The van der Waals surface area contributed by atoms with Gasteiger partial charge in [0.25, 0.3) is 0 Å². The summed E-state index contributed by atoms with van der Waals surface area (Å²) in [5.41, 5.74) is -0.786. The third kappa shape index (κ3) is 4.91. The molecule has 4 atom stereocenters. The number of rotatable bonds is 6. The number of nitrogens with zero attached hydrogens (tertiary/aromatic N) is 2. The molecular weight excluding hydrogens is 358 g/mol. The maximum absolute atomic E-state index is 12.3. The molecule has 0 spiro atoms. The van der Waals surface area contributed by atoms with Crippen LogP contribution < -0.4 is 11.0 Å². The van der Waals surface area contributed by atoms with Crippen molar-refractivity contribution in [2.75, 3.05) is 11.9 Å². The van der Waals surface area contributed by atoms with Gasteiger partial charge in [-0.3, -0.25) is 9.88 Å². The van der Waals surface area contributed by atoms with E-state index in [1.165, 1.54) is 13.1 Å². The molecule has 0 saturated carbocycles. The molecule has 0 bridgehead atoms. The van der Waals surface area contributed by atoms with Gasteiger partial charge in [0.2, 0.25) is 0 Å². The SMILES string of the molecule is C#Cc1cn([C@@H]2O[C@H](C)C(O)C2O)c(=O)nc1NC(=O)OCCCC(C)=O. The molecule has 1 aromatic heterocycles. The molecule has 1 aromatic rings. The Morgan fingerprint density at radius 2 is 2.15 bits per heavy atom. The second-order valence-electron chi connectivity index (χ2n) is 6.12. The van der Waals surface area contributed by atoms with Gasteiger partial charge in [-0.2, -0.15) is 4.98 Å². The van der Waals surface area contributed by atoms with Crippen LogP contribution in [0.1, 0.15) is 38.5 Å². The summed E-state index contributed by atoms with van der Waals surface area (Å²) >= 11 is 0. The summed E-state index contributed by atoms with van der Waals surface area (Å²) in [6.45, 7) is 3.00. The summed E-state index contributed by atoms with van der Waals surface area (Å²) in [6.07, 6.45) is 2.03. The van der Waals surface area contributed by atoms with Crippen LogP contribution in [0.15, 0.2) is 11.0 Å². The number of ether oxygens (including phenoxy) is 2. The van der Waals surface area contributed by atoms with Crippen molar-refractivity contribution in [3.63, 3.8) is 0 Å². The van der Waals surface area contributed by atoms with E-state index in [1.54, 1.807) is 6.92 Å². The smallest absolute Gasteiger partial charge is 0.412 e. The number of aromatic nitrogens is 2. The molecule has 0 aliphatic carbocycles. The molecule has 1 fully saturated rings. The maximum Gasteiger partial charge on any atom is 0.412 e. The quantitative estimate of drug-likeness (QED) is 0.455. The number of aliphatic hydroxyl groups excluding tert-OH is 2. The Morgan fingerprint density at radius 3 is 2.70 bits per heavy atom. The molecule has 10 heteroatoms. The zero-order chi connectivity index (χ0) is 20.1. The number of carbonyl (C=O) groups is 2. The van der Waals surface area contributed by atoms with E-state index < -0.39 is 36.3 Å². The van der Waals surface area contributed by atoms with Crippen molar-refractivity contribution >= 4 is 17.7 Å². The molecule has 27 heavy (non-hydrogen) atoms. The van der Waals surface area contributed by atoms with Crippen molar-refractivity contribution in [2.24, 2.45) is 0 Å². The average molecular weight is 379 g/mol. The molecule has 10 nitrogen and oxygen atoms in total. The number of terminal acetylenes is 1. The Bertz CT molecular complexity index is 814. The van der Waals surface area contributed by atoms with E-state index in [0.29, 0.717) is 6.42 Å². The Labute approximate surface area is 155 Å². The lowest BCUT2D eigenvalue weighted by Crippen LogP contribution is -2.36. The fraction of sp³-hybridized carbons (Fsp3) is 0.529. The van der Waals surface area contributed by atoms with Gasteiger partial charge in [-0.15, -0.1) is 6.42 Å². The number of nitrogens with one attached hydrogen (secondary N) is 1. The average Bonchev–Trinajstić information content (AvgIpc) is 2.86. The molecule has 0 radical (unpaired) electrons. The fourth-order valence-electron chi connectivity index (χ4n) is 2.53. The van der Waals surface area contributed by atoms with Crippen LogP contribution in [0, 0.1) is 12.3 Å². The van der Waals surface area contributed by atoms with Crippen LogP contribution >= 0.6 is 0 Å². The van der Waals surface area contributed by atoms with Gasteiger partial charge in [0, 0.05) is 12.6 Å². The first-order chi connectivity index (χ1) is 12.7. The van der Waals surface area contributed by atoms with Crippen molar-refractivity contribution in [3.05, 3.63) is 22.2 Å². The van der Waals surface area contributed by atoms with Gasteiger partial charge >= 0.3 is 11.8 Å². The van der Waals surface area contributed by atoms with Crippen LogP contribution in [-0.2, 0) is 14.3 Å². The number of hydrogen-bond donors (Lipinski definition) is 3. The van der Waals surface area contributed by atoms with E-state index in [1.807, 2.05) is 0 Å². The van der Waals surface area contributed by atoms with Crippen LogP contribution in [0.3, 0.4) is 0 Å². The highest BCUT2D eigenvalue weighted by molar-refractivity contribution is 5.85. The highest BCUT2D eigenvalue weighted by atomic mass is 16.6. The van der Waals surface area contributed by atoms with Crippen molar-refractivity contribution in [3.8, 4) is 12.3 Å². The third-order valence-electron chi connectivity index (χ3n) is 3.99. The number of aliphatic hydroxyl groups is 2. The van der Waals surface area contributed by atoms with E-state index in [0.717, 1.165) is 4.57 Å². The first kappa shape index (κ1) is 20.6. The van der Waals surface area contributed by atoms with E-state index in [-0.39, 0.29) is 30.2 Å². The Balaban J connectivity index is 2.12. The molecular formula is C17H21N3O7. The number of amides is 1. The molecule has 1 saturated heterocycles. The minimum atomic E-state index is -1.34. The largest absolute Gasteiger partial charge is 0.449 e. The first-order valence-electron chi connectivity index (χ1n) is 8.29.